The summed E-state index contributed by atoms with van der Waals surface area (Å²) in [6.07, 6.45) is 3.51. The van der Waals surface area contributed by atoms with Gasteiger partial charge < -0.3 is 0 Å². The first-order valence-corrected chi connectivity index (χ1v) is 3.49. The number of rotatable bonds is 3. The lowest BCUT2D eigenvalue weighted by Gasteiger charge is -1.92. The Morgan fingerprint density at radius 1 is 1.67 bits per heavy atom. The quantitative estimate of drug-likeness (QED) is 0.474. The lowest BCUT2D eigenvalue weighted by Crippen LogP contribution is -1.86. The number of thiol groups is 1. The molecule has 0 bridgehead atoms. The molecule has 0 aliphatic heterocycles. The molecule has 0 radical (unpaired) electrons. The van der Waals surface area contributed by atoms with Crippen molar-refractivity contribution in [3.8, 4) is 0 Å². The zero-order valence-corrected chi connectivity index (χ0v) is 6.74. The summed E-state index contributed by atoms with van der Waals surface area (Å²) in [5.74, 6) is 0. The first-order chi connectivity index (χ1) is 4.16. The van der Waals surface area contributed by atoms with Crippen LogP contribution in [0.1, 0.15) is 26.7 Å². The van der Waals surface area contributed by atoms with Crippen LogP contribution in [0.4, 0.5) is 0 Å². The van der Waals surface area contributed by atoms with Crippen molar-refractivity contribution in [1.82, 2.24) is 0 Å². The fourth-order valence-electron chi connectivity index (χ4n) is 0.659. The second-order valence-electron chi connectivity index (χ2n) is 2.03. The van der Waals surface area contributed by atoms with E-state index < -0.39 is 0 Å². The van der Waals surface area contributed by atoms with Crippen LogP contribution in [-0.4, -0.2) is 5.12 Å². The maximum Gasteiger partial charge on any atom is 0.189 e. The Labute approximate surface area is 61.6 Å². The lowest BCUT2D eigenvalue weighted by molar-refractivity contribution is -0.110. The molecule has 0 aromatic carbocycles. The van der Waals surface area contributed by atoms with Gasteiger partial charge in [-0.15, -0.1) is 12.6 Å². The highest BCUT2D eigenvalue weighted by Gasteiger charge is 1.93. The van der Waals surface area contributed by atoms with E-state index in [1.54, 1.807) is 0 Å². The van der Waals surface area contributed by atoms with Crippen LogP contribution in [0.3, 0.4) is 0 Å². The second kappa shape index (κ2) is 4.62. The van der Waals surface area contributed by atoms with E-state index in [-0.39, 0.29) is 5.12 Å². The van der Waals surface area contributed by atoms with E-state index in [0.29, 0.717) is 6.42 Å². The third-order valence-corrected chi connectivity index (χ3v) is 1.14. The fourth-order valence-corrected chi connectivity index (χ4v) is 0.909. The summed E-state index contributed by atoms with van der Waals surface area (Å²) in [6.45, 7) is 3.99. The topological polar surface area (TPSA) is 17.1 Å². The van der Waals surface area contributed by atoms with E-state index in [0.717, 1.165) is 12.0 Å². The molecular weight excluding hydrogens is 132 g/mol. The molecule has 0 spiro atoms. The van der Waals surface area contributed by atoms with Gasteiger partial charge in [-0.3, -0.25) is 4.79 Å². The van der Waals surface area contributed by atoms with Gasteiger partial charge >= 0.3 is 0 Å². The van der Waals surface area contributed by atoms with E-state index in [1.807, 2.05) is 19.9 Å². The fraction of sp³-hybridized carbons (Fsp3) is 0.571. The van der Waals surface area contributed by atoms with E-state index in [1.165, 1.54) is 0 Å². The largest absolute Gasteiger partial charge is 0.287 e. The van der Waals surface area contributed by atoms with Gasteiger partial charge in [-0.2, -0.15) is 0 Å². The standard InChI is InChI=1S/C7H12OS/c1-3-4-6(2)5-7(8)9/h4H,3,5H2,1-2H3,(H,8,9)/b6-4+. The highest BCUT2D eigenvalue weighted by Crippen LogP contribution is 2.02. The van der Waals surface area contributed by atoms with Gasteiger partial charge in [0.2, 0.25) is 0 Å². The first-order valence-electron chi connectivity index (χ1n) is 3.04. The summed E-state index contributed by atoms with van der Waals surface area (Å²) in [7, 11) is 0. The van der Waals surface area contributed by atoms with Crippen LogP contribution in [0.5, 0.6) is 0 Å². The average Bonchev–Trinajstić information content (AvgIpc) is 1.63. The number of carbonyl (C=O) groups excluding carboxylic acids is 1. The van der Waals surface area contributed by atoms with E-state index >= 15 is 0 Å². The summed E-state index contributed by atoms with van der Waals surface area (Å²) in [5.41, 5.74) is 1.11. The van der Waals surface area contributed by atoms with Crippen molar-refractivity contribution in [3.05, 3.63) is 11.6 Å². The maximum absolute atomic E-state index is 10.4. The van der Waals surface area contributed by atoms with Crippen LogP contribution in [0.25, 0.3) is 0 Å². The van der Waals surface area contributed by atoms with Crippen molar-refractivity contribution in [2.24, 2.45) is 0 Å². The van der Waals surface area contributed by atoms with E-state index in [9.17, 15) is 4.79 Å². The number of carbonyl (C=O) groups is 1. The summed E-state index contributed by atoms with van der Waals surface area (Å²) < 4.78 is 0. The van der Waals surface area contributed by atoms with Gasteiger partial charge in [-0.25, -0.2) is 0 Å². The molecule has 0 N–H and O–H groups in total. The minimum atomic E-state index is -0.0581. The monoisotopic (exact) mass is 144 g/mol. The van der Waals surface area contributed by atoms with Gasteiger partial charge in [0.05, 0.1) is 0 Å². The van der Waals surface area contributed by atoms with Gasteiger partial charge in [0, 0.05) is 6.42 Å². The van der Waals surface area contributed by atoms with E-state index in [2.05, 4.69) is 12.6 Å². The maximum atomic E-state index is 10.4. The minimum Gasteiger partial charge on any atom is -0.287 e. The molecule has 0 rings (SSSR count). The van der Waals surface area contributed by atoms with Crippen molar-refractivity contribution in [2.75, 3.05) is 0 Å². The molecule has 52 valence electrons. The van der Waals surface area contributed by atoms with Crippen LogP contribution < -0.4 is 0 Å². The molecule has 0 amide bonds. The van der Waals surface area contributed by atoms with Gasteiger partial charge in [0.1, 0.15) is 0 Å². The molecule has 0 aliphatic carbocycles. The smallest absolute Gasteiger partial charge is 0.189 e. The predicted molar refractivity (Wildman–Crippen MR) is 42.7 cm³/mol. The SMILES string of the molecule is CC/C=C(\C)CC(=O)S. The Kier molecular flexibility index (Phi) is 4.50. The highest BCUT2D eigenvalue weighted by molar-refractivity contribution is 7.96. The molecule has 0 aromatic rings. The molecule has 0 unspecified atom stereocenters. The Morgan fingerprint density at radius 2 is 2.22 bits per heavy atom. The molecule has 0 saturated heterocycles. The van der Waals surface area contributed by atoms with Crippen LogP contribution in [0, 0.1) is 0 Å². The average molecular weight is 144 g/mol. The molecule has 0 aliphatic rings. The molecular formula is C7H12OS. The van der Waals surface area contributed by atoms with Gasteiger partial charge in [0.25, 0.3) is 0 Å². The van der Waals surface area contributed by atoms with Crippen LogP contribution >= 0.6 is 12.6 Å². The molecule has 2 heteroatoms. The lowest BCUT2D eigenvalue weighted by atomic mass is 10.2. The predicted octanol–water partition coefficient (Wildman–Crippen LogP) is 2.19. The molecule has 0 aromatic heterocycles. The number of hydrogen-bond acceptors (Lipinski definition) is 1. The third-order valence-electron chi connectivity index (χ3n) is 0.983. The highest BCUT2D eigenvalue weighted by atomic mass is 32.1. The normalized spacial score (nSPS) is 11.7. The summed E-state index contributed by atoms with van der Waals surface area (Å²) in [5, 5.41) is -0.0581. The Hall–Kier alpha value is -0.240. The molecule has 9 heavy (non-hydrogen) atoms. The van der Waals surface area contributed by atoms with Gasteiger partial charge in [0.15, 0.2) is 5.12 Å². The third kappa shape index (κ3) is 5.63. The van der Waals surface area contributed by atoms with Crippen molar-refractivity contribution in [3.63, 3.8) is 0 Å². The van der Waals surface area contributed by atoms with Crippen molar-refractivity contribution in [1.29, 1.82) is 0 Å². The molecule has 0 heterocycles. The summed E-state index contributed by atoms with van der Waals surface area (Å²) >= 11 is 3.65. The Balaban J connectivity index is 3.62. The van der Waals surface area contributed by atoms with Crippen LogP contribution in [0.15, 0.2) is 11.6 Å². The number of hydrogen-bond donors (Lipinski definition) is 1. The van der Waals surface area contributed by atoms with Crippen LogP contribution in [-0.2, 0) is 4.79 Å². The Morgan fingerprint density at radius 3 is 2.56 bits per heavy atom. The summed E-state index contributed by atoms with van der Waals surface area (Å²) in [4.78, 5) is 10.4. The summed E-state index contributed by atoms with van der Waals surface area (Å²) in [6, 6.07) is 0. The molecule has 0 fully saturated rings. The van der Waals surface area contributed by atoms with Crippen molar-refractivity contribution in [2.45, 2.75) is 26.7 Å². The Bertz CT molecular complexity index is 127. The molecule has 0 atom stereocenters. The molecule has 0 saturated carbocycles. The van der Waals surface area contributed by atoms with Crippen molar-refractivity contribution < 1.29 is 4.79 Å². The van der Waals surface area contributed by atoms with Crippen molar-refractivity contribution >= 4 is 17.7 Å². The first kappa shape index (κ1) is 8.76. The van der Waals surface area contributed by atoms with E-state index in [4.69, 9.17) is 0 Å². The van der Waals surface area contributed by atoms with Crippen LogP contribution in [0.2, 0.25) is 0 Å². The molecule has 1 nitrogen and oxygen atoms in total. The van der Waals surface area contributed by atoms with Gasteiger partial charge in [-0.05, 0) is 13.3 Å². The minimum absolute atomic E-state index is 0.0581. The van der Waals surface area contributed by atoms with Gasteiger partial charge in [-0.1, -0.05) is 18.6 Å². The second-order valence-corrected chi connectivity index (χ2v) is 2.53. The number of allylic oxidation sites excluding steroid dienone is 2. The zero-order valence-electron chi connectivity index (χ0n) is 5.85. The zero-order chi connectivity index (χ0) is 7.28.